The lowest BCUT2D eigenvalue weighted by molar-refractivity contribution is -0.946. The van der Waals surface area contributed by atoms with Crippen LogP contribution in [0.5, 0.6) is 5.75 Å². The molecule has 0 N–H and O–H groups in total. The fourth-order valence-electron chi connectivity index (χ4n) is 5.21. The highest BCUT2D eigenvalue weighted by Crippen LogP contribution is 2.36. The molecule has 0 saturated carbocycles. The van der Waals surface area contributed by atoms with Gasteiger partial charge in [0, 0.05) is 18.8 Å². The van der Waals surface area contributed by atoms with Gasteiger partial charge in [-0.05, 0) is 52.7 Å². The van der Waals surface area contributed by atoms with E-state index in [9.17, 15) is 9.18 Å². The summed E-state index contributed by atoms with van der Waals surface area (Å²) >= 11 is 1.58. The number of hydrogen-bond donors (Lipinski definition) is 0. The molecule has 4 heterocycles. The monoisotopic (exact) mass is 481 g/mol. The summed E-state index contributed by atoms with van der Waals surface area (Å²) in [6, 6.07) is 18.0. The highest BCUT2D eigenvalue weighted by atomic mass is 32.1. The number of piperidine rings is 3. The number of nitrogens with zero attached hydrogens (tertiary/aromatic N) is 2. The number of benzene rings is 2. The number of para-hydroxylation sites is 1. The summed E-state index contributed by atoms with van der Waals surface area (Å²) < 4.78 is 27.0. The topological polar surface area (TPSA) is 38.8 Å². The number of amides is 1. The SMILES string of the molecule is O=C(O[C@H]1C[N+]2(CCOc3ccccc3)CCC1CC2)N(Cc1ccsc1)c1cccc(F)c1. The third-order valence-electron chi connectivity index (χ3n) is 7.13. The number of hydrogen-bond acceptors (Lipinski definition) is 4. The number of quaternary nitrogens is 1. The molecule has 1 atom stereocenters. The molecule has 3 aromatic rings. The fourth-order valence-corrected chi connectivity index (χ4v) is 5.87. The molecule has 0 radical (unpaired) electrons. The quantitative estimate of drug-likeness (QED) is 0.387. The van der Waals surface area contributed by atoms with Crippen molar-refractivity contribution >= 4 is 23.1 Å². The summed E-state index contributed by atoms with van der Waals surface area (Å²) in [4.78, 5) is 14.9. The molecule has 3 aliphatic rings. The van der Waals surface area contributed by atoms with Gasteiger partial charge in [0.05, 0.1) is 25.3 Å². The molecule has 2 aromatic carbocycles. The van der Waals surface area contributed by atoms with E-state index in [-0.39, 0.29) is 11.9 Å². The molecule has 1 aromatic heterocycles. The Labute approximate surface area is 203 Å². The van der Waals surface area contributed by atoms with Gasteiger partial charge in [-0.25, -0.2) is 9.18 Å². The smallest absolute Gasteiger partial charge is 0.415 e. The Hall–Kier alpha value is -2.90. The molecule has 1 amide bonds. The first-order valence-electron chi connectivity index (χ1n) is 11.9. The third-order valence-corrected chi connectivity index (χ3v) is 7.86. The van der Waals surface area contributed by atoms with E-state index in [0.29, 0.717) is 24.8 Å². The maximum Gasteiger partial charge on any atom is 0.415 e. The van der Waals surface area contributed by atoms with Gasteiger partial charge in [0.1, 0.15) is 31.3 Å². The molecule has 7 heteroatoms. The van der Waals surface area contributed by atoms with Crippen molar-refractivity contribution in [2.24, 2.45) is 5.92 Å². The van der Waals surface area contributed by atoms with Gasteiger partial charge >= 0.3 is 6.09 Å². The second kappa shape index (κ2) is 10.2. The number of ether oxygens (including phenoxy) is 2. The van der Waals surface area contributed by atoms with E-state index < -0.39 is 6.09 Å². The number of carbonyl (C=O) groups excluding carboxylic acids is 1. The average molecular weight is 482 g/mol. The highest BCUT2D eigenvalue weighted by Gasteiger charge is 2.47. The average Bonchev–Trinajstić information content (AvgIpc) is 3.37. The first kappa shape index (κ1) is 22.9. The summed E-state index contributed by atoms with van der Waals surface area (Å²) in [6.45, 7) is 4.90. The largest absolute Gasteiger partial charge is 0.488 e. The van der Waals surface area contributed by atoms with E-state index in [2.05, 4.69) is 0 Å². The van der Waals surface area contributed by atoms with E-state index in [0.717, 1.165) is 54.8 Å². The number of rotatable bonds is 8. The molecule has 3 fully saturated rings. The minimum atomic E-state index is -0.408. The van der Waals surface area contributed by atoms with Gasteiger partial charge in [0.2, 0.25) is 0 Å². The summed E-state index contributed by atoms with van der Waals surface area (Å²) in [5, 5.41) is 3.98. The Morgan fingerprint density at radius 1 is 1.09 bits per heavy atom. The van der Waals surface area contributed by atoms with Crippen molar-refractivity contribution in [1.82, 2.24) is 0 Å². The Morgan fingerprint density at radius 2 is 1.91 bits per heavy atom. The van der Waals surface area contributed by atoms with Gasteiger partial charge < -0.3 is 14.0 Å². The Kier molecular flexibility index (Phi) is 6.83. The van der Waals surface area contributed by atoms with Crippen molar-refractivity contribution < 1.29 is 23.1 Å². The molecular formula is C27H30FN2O3S+. The maximum atomic E-state index is 14.0. The molecule has 0 unspecified atom stereocenters. The van der Waals surface area contributed by atoms with Gasteiger partial charge in [0.15, 0.2) is 6.10 Å². The first-order valence-corrected chi connectivity index (χ1v) is 12.8. The predicted molar refractivity (Wildman–Crippen MR) is 132 cm³/mol. The molecule has 5 nitrogen and oxygen atoms in total. The Balaban J connectivity index is 1.26. The van der Waals surface area contributed by atoms with E-state index in [1.165, 1.54) is 12.1 Å². The zero-order valence-corrected chi connectivity index (χ0v) is 20.0. The van der Waals surface area contributed by atoms with Gasteiger partial charge in [-0.1, -0.05) is 24.3 Å². The third kappa shape index (κ3) is 5.26. The molecule has 0 spiro atoms. The van der Waals surface area contributed by atoms with Crippen molar-refractivity contribution in [3.05, 3.63) is 82.8 Å². The van der Waals surface area contributed by atoms with Crippen LogP contribution in [0, 0.1) is 11.7 Å². The van der Waals surface area contributed by atoms with Crippen LogP contribution < -0.4 is 9.64 Å². The van der Waals surface area contributed by atoms with E-state index >= 15 is 0 Å². The van der Waals surface area contributed by atoms with Crippen LogP contribution in [0.1, 0.15) is 18.4 Å². The van der Waals surface area contributed by atoms with Gasteiger partial charge in [-0.15, -0.1) is 0 Å². The molecule has 3 aliphatic heterocycles. The van der Waals surface area contributed by atoms with Crippen molar-refractivity contribution in [3.8, 4) is 5.75 Å². The number of thiophene rings is 1. The molecular weight excluding hydrogens is 451 g/mol. The lowest BCUT2D eigenvalue weighted by Crippen LogP contribution is -2.65. The van der Waals surface area contributed by atoms with Crippen molar-refractivity contribution in [2.75, 3.05) is 37.7 Å². The lowest BCUT2D eigenvalue weighted by atomic mass is 9.83. The zero-order valence-electron chi connectivity index (χ0n) is 19.1. The fraction of sp³-hybridized carbons (Fsp3) is 0.370. The molecule has 34 heavy (non-hydrogen) atoms. The van der Waals surface area contributed by atoms with Gasteiger partial charge in [-0.3, -0.25) is 4.90 Å². The number of anilines is 1. The second-order valence-electron chi connectivity index (χ2n) is 9.31. The molecule has 0 aliphatic carbocycles. The van der Waals surface area contributed by atoms with Crippen LogP contribution in [-0.4, -0.2) is 49.5 Å². The maximum absolute atomic E-state index is 14.0. The molecule has 3 saturated heterocycles. The summed E-state index contributed by atoms with van der Waals surface area (Å²) in [5.41, 5.74) is 1.51. The van der Waals surface area contributed by atoms with Crippen LogP contribution in [0.3, 0.4) is 0 Å². The molecule has 2 bridgehead atoms. The van der Waals surface area contributed by atoms with Crippen LogP contribution in [0.4, 0.5) is 14.9 Å². The summed E-state index contributed by atoms with van der Waals surface area (Å²) in [5.74, 6) is 0.899. The van der Waals surface area contributed by atoms with Gasteiger partial charge in [0.25, 0.3) is 0 Å². The lowest BCUT2D eigenvalue weighted by Gasteiger charge is -2.52. The predicted octanol–water partition coefficient (Wildman–Crippen LogP) is 5.72. The second-order valence-corrected chi connectivity index (χ2v) is 10.1. The van der Waals surface area contributed by atoms with Crippen LogP contribution in [0.15, 0.2) is 71.4 Å². The van der Waals surface area contributed by atoms with Crippen molar-refractivity contribution in [1.29, 1.82) is 0 Å². The van der Waals surface area contributed by atoms with E-state index in [1.54, 1.807) is 28.4 Å². The minimum Gasteiger partial charge on any atom is -0.488 e. The van der Waals surface area contributed by atoms with Crippen molar-refractivity contribution in [3.63, 3.8) is 0 Å². The van der Waals surface area contributed by atoms with E-state index in [4.69, 9.17) is 9.47 Å². The number of fused-ring (bicyclic) bond motifs is 3. The summed E-state index contributed by atoms with van der Waals surface area (Å²) in [7, 11) is 0. The standard InChI is InChI=1S/C27H30FN2O3S/c28-23-5-4-6-24(17-23)29(18-21-11-16-34-20-21)27(31)33-26-19-30(12-9-22(26)10-13-30)14-15-32-25-7-2-1-3-8-25/h1-8,11,16-17,20,22,26H,9-10,12-15,18-19H2/q+1/t22?,26-,30?/m0/s1. The number of halogens is 1. The van der Waals surface area contributed by atoms with Crippen LogP contribution in [0.25, 0.3) is 0 Å². The Morgan fingerprint density at radius 3 is 2.65 bits per heavy atom. The van der Waals surface area contributed by atoms with E-state index in [1.807, 2.05) is 47.2 Å². The van der Waals surface area contributed by atoms with Crippen LogP contribution in [0.2, 0.25) is 0 Å². The highest BCUT2D eigenvalue weighted by molar-refractivity contribution is 7.07. The minimum absolute atomic E-state index is 0.134. The molecule has 178 valence electrons. The molecule has 6 rings (SSSR count). The normalized spacial score (nSPS) is 23.4. The summed E-state index contributed by atoms with van der Waals surface area (Å²) in [6.07, 6.45) is 1.56. The Bertz CT molecular complexity index is 1080. The first-order chi connectivity index (χ1) is 16.6. The zero-order chi connectivity index (χ0) is 23.4. The number of carbonyl (C=O) groups is 1. The van der Waals surface area contributed by atoms with Gasteiger partial charge in [-0.2, -0.15) is 11.3 Å². The van der Waals surface area contributed by atoms with Crippen molar-refractivity contribution in [2.45, 2.75) is 25.5 Å². The van der Waals surface area contributed by atoms with Crippen LogP contribution >= 0.6 is 11.3 Å². The van der Waals surface area contributed by atoms with Crippen LogP contribution in [-0.2, 0) is 11.3 Å².